The monoisotopic (exact) mass is 263 g/mol. The van der Waals surface area contributed by atoms with Gasteiger partial charge in [0.25, 0.3) is 0 Å². The Hall–Kier alpha value is -1.02. The fourth-order valence-electron chi connectivity index (χ4n) is 2.94. The van der Waals surface area contributed by atoms with Crippen LogP contribution in [-0.2, 0) is 11.2 Å². The van der Waals surface area contributed by atoms with Gasteiger partial charge in [-0.15, -0.1) is 11.6 Å². The summed E-state index contributed by atoms with van der Waals surface area (Å²) in [5, 5.41) is 0. The fraction of sp³-hybridized carbons (Fsp3) is 0.533. The van der Waals surface area contributed by atoms with Crippen LogP contribution in [0.25, 0.3) is 0 Å². The molecule has 1 amide bonds. The molecule has 96 valence electrons. The third kappa shape index (κ3) is 1.93. The second-order valence-corrected chi connectivity index (χ2v) is 5.64. The normalized spacial score (nSPS) is 21.7. The van der Waals surface area contributed by atoms with E-state index in [0.717, 1.165) is 19.3 Å². The van der Waals surface area contributed by atoms with Crippen LogP contribution in [0.4, 0.5) is 0 Å². The van der Waals surface area contributed by atoms with Crippen LogP contribution in [0.1, 0.15) is 36.3 Å². The summed E-state index contributed by atoms with van der Waals surface area (Å²) in [5.41, 5.74) is 2.55. The van der Waals surface area contributed by atoms with Crippen molar-refractivity contribution in [1.82, 2.24) is 4.90 Å². The van der Waals surface area contributed by atoms with E-state index >= 15 is 0 Å². The lowest BCUT2D eigenvalue weighted by molar-refractivity contribution is -0.137. The van der Waals surface area contributed by atoms with E-state index in [0.29, 0.717) is 24.4 Å². The number of hydrogen-bond acceptors (Lipinski definition) is 1. The van der Waals surface area contributed by atoms with E-state index in [1.165, 1.54) is 17.5 Å². The fourth-order valence-corrected chi connectivity index (χ4v) is 3.12. The third-order valence-electron chi connectivity index (χ3n) is 4.28. The van der Waals surface area contributed by atoms with Gasteiger partial charge in [0, 0.05) is 18.5 Å². The molecule has 1 fully saturated rings. The number of halogens is 1. The van der Waals surface area contributed by atoms with Gasteiger partial charge in [-0.1, -0.05) is 24.3 Å². The zero-order valence-corrected chi connectivity index (χ0v) is 11.2. The van der Waals surface area contributed by atoms with Crippen LogP contribution in [0.2, 0.25) is 0 Å². The minimum absolute atomic E-state index is 0.0880. The highest BCUT2D eigenvalue weighted by Gasteiger charge is 2.38. The van der Waals surface area contributed by atoms with Crippen molar-refractivity contribution in [1.29, 1.82) is 0 Å². The van der Waals surface area contributed by atoms with Crippen molar-refractivity contribution in [3.63, 3.8) is 0 Å². The number of alkyl halides is 1. The molecular formula is C15H18ClNO. The predicted molar refractivity (Wildman–Crippen MR) is 73.0 cm³/mol. The molecule has 1 saturated carbocycles. The summed E-state index contributed by atoms with van der Waals surface area (Å²) < 4.78 is 0. The van der Waals surface area contributed by atoms with Gasteiger partial charge in [0.05, 0.1) is 5.92 Å². The lowest BCUT2D eigenvalue weighted by Crippen LogP contribution is -2.48. The van der Waals surface area contributed by atoms with Gasteiger partial charge < -0.3 is 4.90 Å². The van der Waals surface area contributed by atoms with Crippen LogP contribution in [0, 0.1) is 0 Å². The molecule has 0 N–H and O–H groups in total. The van der Waals surface area contributed by atoms with Crippen molar-refractivity contribution < 1.29 is 4.79 Å². The summed E-state index contributed by atoms with van der Waals surface area (Å²) >= 11 is 5.84. The number of carbonyl (C=O) groups excluding carboxylic acids is 1. The number of fused-ring (bicyclic) bond motifs is 1. The largest absolute Gasteiger partial charge is 0.338 e. The molecule has 0 aliphatic heterocycles. The molecule has 1 aromatic carbocycles. The van der Waals surface area contributed by atoms with Crippen molar-refractivity contribution in [2.45, 2.75) is 37.6 Å². The maximum Gasteiger partial charge on any atom is 0.230 e. The van der Waals surface area contributed by atoms with Crippen molar-refractivity contribution in [2.75, 3.05) is 12.4 Å². The van der Waals surface area contributed by atoms with Crippen LogP contribution in [0.5, 0.6) is 0 Å². The first-order chi connectivity index (χ1) is 8.81. The second-order valence-electron chi connectivity index (χ2n) is 5.26. The van der Waals surface area contributed by atoms with Crippen LogP contribution >= 0.6 is 11.6 Å². The summed E-state index contributed by atoms with van der Waals surface area (Å²) in [6.45, 7) is 0.698. The minimum atomic E-state index is 0.0880. The average molecular weight is 264 g/mol. The molecule has 3 rings (SSSR count). The highest BCUT2D eigenvalue weighted by molar-refractivity contribution is 6.18. The quantitative estimate of drug-likeness (QED) is 0.765. The van der Waals surface area contributed by atoms with Crippen molar-refractivity contribution in [3.05, 3.63) is 35.4 Å². The Bertz CT molecular complexity index is 456. The van der Waals surface area contributed by atoms with Gasteiger partial charge in [-0.25, -0.2) is 0 Å². The first-order valence-electron chi connectivity index (χ1n) is 6.75. The third-order valence-corrected chi connectivity index (χ3v) is 4.45. The molecule has 2 aliphatic rings. The number of hydrogen-bond donors (Lipinski definition) is 0. The first kappa shape index (κ1) is 12.0. The molecule has 0 saturated heterocycles. The second kappa shape index (κ2) is 4.93. The smallest absolute Gasteiger partial charge is 0.230 e. The molecule has 3 heteroatoms. The summed E-state index contributed by atoms with van der Waals surface area (Å²) in [6, 6.07) is 8.72. The molecule has 0 aromatic heterocycles. The zero-order chi connectivity index (χ0) is 12.5. The lowest BCUT2D eigenvalue weighted by atomic mass is 9.76. The summed E-state index contributed by atoms with van der Waals surface area (Å²) in [5.74, 6) is 0.917. The van der Waals surface area contributed by atoms with Crippen molar-refractivity contribution in [2.24, 2.45) is 0 Å². The van der Waals surface area contributed by atoms with E-state index < -0.39 is 0 Å². The van der Waals surface area contributed by atoms with Crippen LogP contribution in [-0.4, -0.2) is 29.3 Å². The van der Waals surface area contributed by atoms with E-state index in [4.69, 9.17) is 11.6 Å². The number of rotatable bonds is 4. The SMILES string of the molecule is O=C(C1Cc2ccccc21)N(CCCl)C1CCC1. The highest BCUT2D eigenvalue weighted by atomic mass is 35.5. The van der Waals surface area contributed by atoms with E-state index in [1.54, 1.807) is 0 Å². The molecule has 1 unspecified atom stereocenters. The maximum absolute atomic E-state index is 12.6. The molecule has 1 atom stereocenters. The van der Waals surface area contributed by atoms with Crippen LogP contribution in [0.3, 0.4) is 0 Å². The number of amides is 1. The minimum Gasteiger partial charge on any atom is -0.338 e. The Morgan fingerprint density at radius 3 is 2.72 bits per heavy atom. The number of carbonyl (C=O) groups is 1. The molecule has 0 spiro atoms. The maximum atomic E-state index is 12.6. The molecule has 18 heavy (non-hydrogen) atoms. The first-order valence-corrected chi connectivity index (χ1v) is 7.29. The van der Waals surface area contributed by atoms with Crippen molar-refractivity contribution in [3.8, 4) is 0 Å². The van der Waals surface area contributed by atoms with Crippen molar-refractivity contribution >= 4 is 17.5 Å². The van der Waals surface area contributed by atoms with E-state index in [-0.39, 0.29) is 5.92 Å². The molecular weight excluding hydrogens is 246 g/mol. The highest BCUT2D eigenvalue weighted by Crippen LogP contribution is 2.38. The van der Waals surface area contributed by atoms with E-state index in [1.807, 2.05) is 17.0 Å². The summed E-state index contributed by atoms with van der Waals surface area (Å²) in [4.78, 5) is 14.6. The molecule has 2 aliphatic carbocycles. The van der Waals surface area contributed by atoms with Gasteiger partial charge in [-0.2, -0.15) is 0 Å². The summed E-state index contributed by atoms with van der Waals surface area (Å²) in [6.07, 6.45) is 4.45. The molecule has 2 nitrogen and oxygen atoms in total. The van der Waals surface area contributed by atoms with Gasteiger partial charge in [0.1, 0.15) is 0 Å². The Labute approximate surface area is 113 Å². The summed E-state index contributed by atoms with van der Waals surface area (Å²) in [7, 11) is 0. The van der Waals surface area contributed by atoms with Gasteiger partial charge >= 0.3 is 0 Å². The van der Waals surface area contributed by atoms with E-state index in [2.05, 4.69) is 12.1 Å². The Morgan fingerprint density at radius 2 is 2.11 bits per heavy atom. The molecule has 0 radical (unpaired) electrons. The zero-order valence-electron chi connectivity index (χ0n) is 10.4. The predicted octanol–water partition coefficient (Wildman–Crippen LogP) is 2.95. The standard InChI is InChI=1S/C15H18ClNO/c16-8-9-17(12-5-3-6-12)15(18)14-10-11-4-1-2-7-13(11)14/h1-2,4,7,12,14H,3,5-6,8-10H2. The molecule has 1 aromatic rings. The Morgan fingerprint density at radius 1 is 1.33 bits per heavy atom. The number of benzene rings is 1. The average Bonchev–Trinajstić information content (AvgIpc) is 2.27. The Kier molecular flexibility index (Phi) is 3.29. The number of nitrogens with zero attached hydrogens (tertiary/aromatic N) is 1. The Balaban J connectivity index is 1.74. The van der Waals surface area contributed by atoms with Gasteiger partial charge in [-0.05, 0) is 36.8 Å². The van der Waals surface area contributed by atoms with E-state index in [9.17, 15) is 4.79 Å². The lowest BCUT2D eigenvalue weighted by Gasteiger charge is -2.41. The van der Waals surface area contributed by atoms with Crippen LogP contribution in [0.15, 0.2) is 24.3 Å². The topological polar surface area (TPSA) is 20.3 Å². The molecule has 0 bridgehead atoms. The molecule has 0 heterocycles. The van der Waals surface area contributed by atoms with Gasteiger partial charge in [0.2, 0.25) is 5.91 Å². The van der Waals surface area contributed by atoms with Gasteiger partial charge in [0.15, 0.2) is 0 Å². The van der Waals surface area contributed by atoms with Gasteiger partial charge in [-0.3, -0.25) is 4.79 Å². The van der Waals surface area contributed by atoms with Crippen LogP contribution < -0.4 is 0 Å².